The van der Waals surface area contributed by atoms with Crippen LogP contribution in [0, 0.1) is 0 Å². The van der Waals surface area contributed by atoms with Gasteiger partial charge in [-0.1, -0.05) is 12.1 Å². The number of hydrogen-bond acceptors (Lipinski definition) is 6. The molecule has 150 valence electrons. The molecule has 2 heterocycles. The van der Waals surface area contributed by atoms with Crippen LogP contribution in [0.3, 0.4) is 0 Å². The number of pyridine rings is 1. The van der Waals surface area contributed by atoms with Crippen LogP contribution in [0.4, 0.5) is 0 Å². The minimum Gasteiger partial charge on any atom is -0.479 e. The summed E-state index contributed by atoms with van der Waals surface area (Å²) < 4.78 is 11.3. The molecule has 0 saturated carbocycles. The van der Waals surface area contributed by atoms with Gasteiger partial charge in [0, 0.05) is 50.1 Å². The van der Waals surface area contributed by atoms with Crippen LogP contribution in [0.5, 0.6) is 0 Å². The Morgan fingerprint density at radius 1 is 1.14 bits per heavy atom. The number of methoxy groups -OCH3 is 1. The van der Waals surface area contributed by atoms with Gasteiger partial charge in [0.15, 0.2) is 11.9 Å². The molecule has 0 bridgehead atoms. The Morgan fingerprint density at radius 2 is 1.93 bits per heavy atom. The van der Waals surface area contributed by atoms with Crippen molar-refractivity contribution < 1.29 is 19.1 Å². The van der Waals surface area contributed by atoms with Gasteiger partial charge in [-0.05, 0) is 42.8 Å². The molecule has 0 fully saturated rings. The molecule has 1 aliphatic heterocycles. The lowest BCUT2D eigenvalue weighted by molar-refractivity contribution is -0.120. The Bertz CT molecular complexity index is 968. The average Bonchev–Trinajstić information content (AvgIpc) is 3.27. The quantitative estimate of drug-likeness (QED) is 0.722. The summed E-state index contributed by atoms with van der Waals surface area (Å²) in [7, 11) is 3.60. The summed E-state index contributed by atoms with van der Waals surface area (Å²) in [6.45, 7) is 1.78. The number of Topliss-reactive ketones (excluding diaryl/α,β-unsaturated/α-hetero) is 2. The maximum atomic E-state index is 13.3. The number of rotatable bonds is 7. The van der Waals surface area contributed by atoms with E-state index in [9.17, 15) is 9.59 Å². The molecule has 0 spiro atoms. The van der Waals surface area contributed by atoms with Crippen molar-refractivity contribution in [1.82, 2.24) is 9.88 Å². The van der Waals surface area contributed by atoms with Crippen molar-refractivity contribution in [3.63, 3.8) is 0 Å². The summed E-state index contributed by atoms with van der Waals surface area (Å²) in [5, 5.41) is 0. The van der Waals surface area contributed by atoms with E-state index >= 15 is 0 Å². The Morgan fingerprint density at radius 3 is 2.69 bits per heavy atom. The molecule has 0 N–H and O–H groups in total. The highest BCUT2D eigenvalue weighted by Gasteiger charge is 2.37. The number of nitrogens with zero attached hydrogens (tertiary/aromatic N) is 2. The summed E-state index contributed by atoms with van der Waals surface area (Å²) >= 11 is 0. The Kier molecular flexibility index (Phi) is 5.56. The molecular weight excluding hydrogens is 368 g/mol. The number of ether oxygens (including phenoxy) is 2. The van der Waals surface area contributed by atoms with E-state index in [1.54, 1.807) is 19.5 Å². The molecule has 1 aliphatic carbocycles. The molecule has 0 amide bonds. The van der Waals surface area contributed by atoms with Crippen molar-refractivity contribution in [2.45, 2.75) is 18.9 Å². The second-order valence-corrected chi connectivity index (χ2v) is 7.46. The number of fused-ring (bicyclic) bond motifs is 1. The third kappa shape index (κ3) is 3.86. The van der Waals surface area contributed by atoms with Crippen LogP contribution in [-0.4, -0.2) is 61.4 Å². The predicted octanol–water partition coefficient (Wildman–Crippen LogP) is 2.62. The zero-order valence-corrected chi connectivity index (χ0v) is 16.7. The van der Waals surface area contributed by atoms with Crippen molar-refractivity contribution in [3.05, 3.63) is 65.0 Å². The summed E-state index contributed by atoms with van der Waals surface area (Å²) in [4.78, 5) is 31.3. The van der Waals surface area contributed by atoms with Gasteiger partial charge in [-0.15, -0.1) is 0 Å². The lowest BCUT2D eigenvalue weighted by Gasteiger charge is -2.20. The number of likely N-dealkylation sites (N-methyl/N-ethyl adjacent to an activating group) is 1. The molecule has 29 heavy (non-hydrogen) atoms. The van der Waals surface area contributed by atoms with Crippen LogP contribution in [0.1, 0.15) is 33.5 Å². The first-order chi connectivity index (χ1) is 14.1. The van der Waals surface area contributed by atoms with E-state index in [-0.39, 0.29) is 11.6 Å². The highest BCUT2D eigenvalue weighted by atomic mass is 16.5. The summed E-state index contributed by atoms with van der Waals surface area (Å²) in [6.07, 6.45) is 4.04. The monoisotopic (exact) mass is 392 g/mol. The Labute approximate surface area is 170 Å². The molecule has 6 nitrogen and oxygen atoms in total. The van der Waals surface area contributed by atoms with Gasteiger partial charge in [-0.3, -0.25) is 19.5 Å². The average molecular weight is 392 g/mol. The summed E-state index contributed by atoms with van der Waals surface area (Å²) in [5.41, 5.74) is 3.99. The van der Waals surface area contributed by atoms with Crippen molar-refractivity contribution in [2.24, 2.45) is 0 Å². The van der Waals surface area contributed by atoms with Gasteiger partial charge in [0.05, 0.1) is 12.2 Å². The number of benzene rings is 1. The van der Waals surface area contributed by atoms with Crippen LogP contribution < -0.4 is 0 Å². The lowest BCUT2D eigenvalue weighted by atomic mass is 9.96. The van der Waals surface area contributed by atoms with Gasteiger partial charge in [0.25, 0.3) is 0 Å². The van der Waals surface area contributed by atoms with E-state index in [0.717, 1.165) is 28.7 Å². The minimum atomic E-state index is -0.579. The smallest absolute Gasteiger partial charge is 0.208 e. The van der Waals surface area contributed by atoms with Gasteiger partial charge < -0.3 is 9.47 Å². The van der Waals surface area contributed by atoms with Gasteiger partial charge in [-0.2, -0.15) is 0 Å². The third-order valence-electron chi connectivity index (χ3n) is 5.44. The van der Waals surface area contributed by atoms with E-state index < -0.39 is 6.10 Å². The number of carbonyl (C=O) groups is 2. The number of hydrogen-bond donors (Lipinski definition) is 0. The largest absolute Gasteiger partial charge is 0.479 e. The topological polar surface area (TPSA) is 68.7 Å². The predicted molar refractivity (Wildman–Crippen MR) is 109 cm³/mol. The SMILES string of the molecule is COCCN(C)CC1OC(c2ccc3c(c2)CCC3=O)=C(c2ccncc2)C1=O. The van der Waals surface area contributed by atoms with Crippen LogP contribution in [0.15, 0.2) is 42.7 Å². The van der Waals surface area contributed by atoms with E-state index in [1.165, 1.54) is 0 Å². The zero-order chi connectivity index (χ0) is 20.4. The second kappa shape index (κ2) is 8.27. The van der Waals surface area contributed by atoms with Crippen molar-refractivity contribution in [1.29, 1.82) is 0 Å². The van der Waals surface area contributed by atoms with Crippen LogP contribution in [0.25, 0.3) is 11.3 Å². The molecule has 0 radical (unpaired) electrons. The molecule has 1 atom stereocenters. The van der Waals surface area contributed by atoms with Gasteiger partial charge >= 0.3 is 0 Å². The Hall–Kier alpha value is -2.83. The van der Waals surface area contributed by atoms with E-state index in [1.807, 2.05) is 42.3 Å². The molecule has 1 unspecified atom stereocenters. The van der Waals surface area contributed by atoms with Crippen molar-refractivity contribution >= 4 is 22.9 Å². The third-order valence-corrected chi connectivity index (χ3v) is 5.44. The van der Waals surface area contributed by atoms with Gasteiger partial charge in [0.1, 0.15) is 5.76 Å². The molecule has 2 aliphatic rings. The van der Waals surface area contributed by atoms with E-state index in [0.29, 0.717) is 37.4 Å². The van der Waals surface area contributed by atoms with E-state index in [2.05, 4.69) is 4.98 Å². The van der Waals surface area contributed by atoms with Crippen LogP contribution >= 0.6 is 0 Å². The van der Waals surface area contributed by atoms with Crippen molar-refractivity contribution in [2.75, 3.05) is 33.9 Å². The normalized spacial score (nSPS) is 18.5. The van der Waals surface area contributed by atoms with Crippen LogP contribution in [-0.2, 0) is 20.7 Å². The molecule has 0 saturated heterocycles. The summed E-state index contributed by atoms with van der Waals surface area (Å²) in [5.74, 6) is 0.719. The fourth-order valence-electron chi connectivity index (χ4n) is 3.87. The Balaban J connectivity index is 1.69. The molecule has 1 aromatic heterocycles. The fourth-order valence-corrected chi connectivity index (χ4v) is 3.87. The van der Waals surface area contributed by atoms with E-state index in [4.69, 9.17) is 9.47 Å². The molecule has 1 aromatic carbocycles. The molecular formula is C23H24N2O4. The molecule has 6 heteroatoms. The maximum absolute atomic E-state index is 13.3. The fraction of sp³-hybridized carbons (Fsp3) is 0.348. The first-order valence-electron chi connectivity index (χ1n) is 9.78. The second-order valence-electron chi connectivity index (χ2n) is 7.46. The number of aryl methyl sites for hydroxylation is 1. The number of carbonyl (C=O) groups excluding carboxylic acids is 2. The lowest BCUT2D eigenvalue weighted by Crippen LogP contribution is -2.35. The first kappa shape index (κ1) is 19.5. The highest BCUT2D eigenvalue weighted by Crippen LogP contribution is 2.38. The molecule has 4 rings (SSSR count). The van der Waals surface area contributed by atoms with Gasteiger partial charge in [-0.25, -0.2) is 0 Å². The zero-order valence-electron chi connectivity index (χ0n) is 16.7. The van der Waals surface area contributed by atoms with Crippen LogP contribution in [0.2, 0.25) is 0 Å². The number of aromatic nitrogens is 1. The molecule has 2 aromatic rings. The number of ketones is 2. The first-order valence-corrected chi connectivity index (χ1v) is 9.78. The van der Waals surface area contributed by atoms with Crippen molar-refractivity contribution in [3.8, 4) is 0 Å². The maximum Gasteiger partial charge on any atom is 0.208 e. The minimum absolute atomic E-state index is 0.0351. The standard InChI is InChI=1S/C23H24N2O4/c1-25(11-12-28-2)14-20-22(27)21(15-7-9-24-10-8-15)23(29-20)17-3-5-18-16(13-17)4-6-19(18)26/h3,5,7-10,13,20H,4,6,11-12,14H2,1-2H3. The highest BCUT2D eigenvalue weighted by molar-refractivity contribution is 6.31. The van der Waals surface area contributed by atoms with Gasteiger partial charge in [0.2, 0.25) is 5.78 Å². The summed E-state index contributed by atoms with van der Waals surface area (Å²) in [6, 6.07) is 9.36.